The molecule has 1 heterocycles. The summed E-state index contributed by atoms with van der Waals surface area (Å²) in [6.45, 7) is 0. The van der Waals surface area contributed by atoms with Crippen molar-refractivity contribution in [2.24, 2.45) is 0 Å². The maximum Gasteiger partial charge on any atom is 0.266 e. The Bertz CT molecular complexity index is 1220. The molecule has 4 rings (SSSR count). The molecular weight excluding hydrogens is 455 g/mol. The van der Waals surface area contributed by atoms with Crippen LogP contribution in [-0.4, -0.2) is 31.9 Å². The Labute approximate surface area is 193 Å². The summed E-state index contributed by atoms with van der Waals surface area (Å²) in [5, 5.41) is 3.14. The van der Waals surface area contributed by atoms with E-state index >= 15 is 0 Å². The van der Waals surface area contributed by atoms with Gasteiger partial charge in [0.1, 0.15) is 11.5 Å². The van der Waals surface area contributed by atoms with E-state index in [1.807, 2.05) is 0 Å². The van der Waals surface area contributed by atoms with Crippen molar-refractivity contribution >= 4 is 52.3 Å². The van der Waals surface area contributed by atoms with Crippen molar-refractivity contribution in [3.05, 3.63) is 81.3 Å². The van der Waals surface area contributed by atoms with E-state index in [0.717, 1.165) is 4.90 Å². The first-order chi connectivity index (χ1) is 15.3. The van der Waals surface area contributed by atoms with E-state index in [0.29, 0.717) is 28.4 Å². The minimum absolute atomic E-state index is 0.177. The second-order valence-corrected chi connectivity index (χ2v) is 7.64. The highest BCUT2D eigenvalue weighted by atomic mass is 35.5. The maximum atomic E-state index is 12.8. The molecule has 0 fully saturated rings. The second-order valence-electron chi connectivity index (χ2n) is 6.82. The summed E-state index contributed by atoms with van der Waals surface area (Å²) < 4.78 is 10.5. The number of hydrogen-bond acceptors (Lipinski definition) is 5. The summed E-state index contributed by atoms with van der Waals surface area (Å²) in [4.78, 5) is 39.3. The smallest absolute Gasteiger partial charge is 0.266 e. The first kappa shape index (κ1) is 21.7. The fourth-order valence-corrected chi connectivity index (χ4v) is 3.66. The van der Waals surface area contributed by atoms with Gasteiger partial charge in [0.15, 0.2) is 0 Å². The normalized spacial score (nSPS) is 12.6. The van der Waals surface area contributed by atoms with E-state index < -0.39 is 17.7 Å². The summed E-state index contributed by atoms with van der Waals surface area (Å²) >= 11 is 12.0. The van der Waals surface area contributed by atoms with Crippen molar-refractivity contribution in [1.82, 2.24) is 0 Å². The molecular formula is C23H16Cl2N2O5. The quantitative estimate of drug-likeness (QED) is 0.526. The predicted octanol–water partition coefficient (Wildman–Crippen LogP) is 5.06. The molecule has 1 aliphatic heterocycles. The third-order valence-electron chi connectivity index (χ3n) is 4.97. The minimum Gasteiger partial charge on any atom is -0.497 e. The lowest BCUT2D eigenvalue weighted by molar-refractivity contribution is 0.0925. The van der Waals surface area contributed by atoms with Gasteiger partial charge in [-0.3, -0.25) is 14.4 Å². The Morgan fingerprint density at radius 1 is 0.844 bits per heavy atom. The van der Waals surface area contributed by atoms with Gasteiger partial charge in [-0.1, -0.05) is 23.2 Å². The fourth-order valence-electron chi connectivity index (χ4n) is 3.34. The van der Waals surface area contributed by atoms with E-state index in [4.69, 9.17) is 32.7 Å². The van der Waals surface area contributed by atoms with E-state index in [2.05, 4.69) is 5.32 Å². The Morgan fingerprint density at radius 3 is 1.97 bits per heavy atom. The number of ether oxygens (including phenoxy) is 2. The first-order valence-electron chi connectivity index (χ1n) is 9.35. The standard InChI is InChI=1S/C23H16Cl2N2O5/c1-31-14-7-8-20(32-2)19(9-14)26-21(28)12-3-5-13(6-4-12)27-22(29)15-10-17(24)18(25)11-16(15)23(27)30/h3-11H,1-2H3,(H,26,28). The molecule has 162 valence electrons. The molecule has 0 atom stereocenters. The zero-order valence-electron chi connectivity index (χ0n) is 16.9. The number of hydrogen-bond donors (Lipinski definition) is 1. The molecule has 0 aromatic heterocycles. The molecule has 0 spiro atoms. The van der Waals surface area contributed by atoms with Crippen molar-refractivity contribution in [3.8, 4) is 11.5 Å². The summed E-state index contributed by atoms with van der Waals surface area (Å²) in [7, 11) is 3.02. The number of nitrogens with zero attached hydrogens (tertiary/aromatic N) is 1. The van der Waals surface area contributed by atoms with Gasteiger partial charge < -0.3 is 14.8 Å². The number of benzene rings is 3. The van der Waals surface area contributed by atoms with Crippen LogP contribution in [0.5, 0.6) is 11.5 Å². The summed E-state index contributed by atoms with van der Waals surface area (Å²) in [5.74, 6) is -0.394. The van der Waals surface area contributed by atoms with Gasteiger partial charge in [-0.2, -0.15) is 0 Å². The Kier molecular flexibility index (Phi) is 5.78. The topological polar surface area (TPSA) is 84.9 Å². The highest BCUT2D eigenvalue weighted by Crippen LogP contribution is 2.34. The number of rotatable bonds is 5. The van der Waals surface area contributed by atoms with Gasteiger partial charge in [-0.15, -0.1) is 0 Å². The average molecular weight is 471 g/mol. The monoisotopic (exact) mass is 470 g/mol. The number of carbonyl (C=O) groups is 3. The number of amides is 3. The third-order valence-corrected chi connectivity index (χ3v) is 5.69. The molecule has 32 heavy (non-hydrogen) atoms. The number of methoxy groups -OCH3 is 2. The molecule has 0 bridgehead atoms. The van der Waals surface area contributed by atoms with E-state index in [9.17, 15) is 14.4 Å². The second kappa shape index (κ2) is 8.53. The van der Waals surface area contributed by atoms with E-state index in [-0.39, 0.29) is 21.2 Å². The van der Waals surface area contributed by atoms with Gasteiger partial charge in [0.05, 0.1) is 46.8 Å². The molecule has 1 aliphatic rings. The molecule has 0 unspecified atom stereocenters. The van der Waals surface area contributed by atoms with Crippen molar-refractivity contribution in [2.75, 3.05) is 24.4 Å². The molecule has 0 saturated heterocycles. The Hall–Kier alpha value is -3.55. The van der Waals surface area contributed by atoms with Gasteiger partial charge in [0.2, 0.25) is 0 Å². The molecule has 9 heteroatoms. The van der Waals surface area contributed by atoms with Crippen LogP contribution in [0.4, 0.5) is 11.4 Å². The van der Waals surface area contributed by atoms with Crippen molar-refractivity contribution in [3.63, 3.8) is 0 Å². The van der Waals surface area contributed by atoms with Crippen LogP contribution in [-0.2, 0) is 0 Å². The van der Waals surface area contributed by atoms with E-state index in [1.54, 1.807) is 18.2 Å². The van der Waals surface area contributed by atoms with Gasteiger partial charge in [-0.05, 0) is 48.5 Å². The van der Waals surface area contributed by atoms with Gasteiger partial charge in [0.25, 0.3) is 17.7 Å². The zero-order chi connectivity index (χ0) is 23.0. The third kappa shape index (κ3) is 3.77. The molecule has 0 aliphatic carbocycles. The number of nitrogens with one attached hydrogen (secondary N) is 1. The van der Waals surface area contributed by atoms with Crippen LogP contribution >= 0.6 is 23.2 Å². The SMILES string of the molecule is COc1ccc(OC)c(NC(=O)c2ccc(N3C(=O)c4cc(Cl)c(Cl)cc4C3=O)cc2)c1. The molecule has 0 saturated carbocycles. The summed E-state index contributed by atoms with van der Waals surface area (Å²) in [6, 6.07) is 13.8. The summed E-state index contributed by atoms with van der Waals surface area (Å²) in [6.07, 6.45) is 0. The first-order valence-corrected chi connectivity index (χ1v) is 10.1. The van der Waals surface area contributed by atoms with Crippen LogP contribution < -0.4 is 19.7 Å². The van der Waals surface area contributed by atoms with Gasteiger partial charge in [0, 0.05) is 11.6 Å². The van der Waals surface area contributed by atoms with Crippen LogP contribution in [0.2, 0.25) is 10.0 Å². The van der Waals surface area contributed by atoms with Crippen molar-refractivity contribution < 1.29 is 23.9 Å². The predicted molar refractivity (Wildman–Crippen MR) is 122 cm³/mol. The largest absolute Gasteiger partial charge is 0.497 e. The van der Waals surface area contributed by atoms with Crippen LogP contribution in [0.1, 0.15) is 31.1 Å². The van der Waals surface area contributed by atoms with Crippen LogP contribution in [0.25, 0.3) is 0 Å². The van der Waals surface area contributed by atoms with Gasteiger partial charge >= 0.3 is 0 Å². The molecule has 7 nitrogen and oxygen atoms in total. The lowest BCUT2D eigenvalue weighted by Crippen LogP contribution is -2.29. The highest BCUT2D eigenvalue weighted by Gasteiger charge is 2.37. The number of halogens is 2. The van der Waals surface area contributed by atoms with Crippen LogP contribution in [0.3, 0.4) is 0 Å². The summed E-state index contributed by atoms with van der Waals surface area (Å²) in [5.41, 5.74) is 1.43. The number of carbonyl (C=O) groups excluding carboxylic acids is 3. The number of imide groups is 1. The van der Waals surface area contributed by atoms with Crippen LogP contribution in [0.15, 0.2) is 54.6 Å². The lowest BCUT2D eigenvalue weighted by atomic mass is 10.1. The number of fused-ring (bicyclic) bond motifs is 1. The average Bonchev–Trinajstić information content (AvgIpc) is 3.03. The Balaban J connectivity index is 1.57. The maximum absolute atomic E-state index is 12.8. The van der Waals surface area contributed by atoms with E-state index in [1.165, 1.54) is 50.6 Å². The lowest BCUT2D eigenvalue weighted by Gasteiger charge is -2.15. The van der Waals surface area contributed by atoms with Crippen molar-refractivity contribution in [2.45, 2.75) is 0 Å². The highest BCUT2D eigenvalue weighted by molar-refractivity contribution is 6.44. The minimum atomic E-state index is -0.512. The molecule has 3 amide bonds. The molecule has 1 N–H and O–H groups in total. The molecule has 3 aromatic carbocycles. The van der Waals surface area contributed by atoms with Crippen molar-refractivity contribution in [1.29, 1.82) is 0 Å². The Morgan fingerprint density at radius 2 is 1.44 bits per heavy atom. The van der Waals surface area contributed by atoms with Gasteiger partial charge in [-0.25, -0.2) is 4.90 Å². The number of anilines is 2. The fraction of sp³-hybridized carbons (Fsp3) is 0.0870. The molecule has 0 radical (unpaired) electrons. The van der Waals surface area contributed by atoms with Crippen LogP contribution in [0, 0.1) is 0 Å². The molecule has 3 aromatic rings. The zero-order valence-corrected chi connectivity index (χ0v) is 18.5.